The van der Waals surface area contributed by atoms with E-state index in [1.54, 1.807) is 31.4 Å². The van der Waals surface area contributed by atoms with Crippen LogP contribution in [0.1, 0.15) is 11.8 Å². The van der Waals surface area contributed by atoms with Gasteiger partial charge in [0.1, 0.15) is 5.75 Å². The normalized spacial score (nSPS) is 12.1. The number of hydrogen-bond acceptors (Lipinski definition) is 5. The van der Waals surface area contributed by atoms with Gasteiger partial charge in [0.15, 0.2) is 0 Å². The molecule has 5 nitrogen and oxygen atoms in total. The van der Waals surface area contributed by atoms with Crippen molar-refractivity contribution in [3.05, 3.63) is 60.2 Å². The SMILES string of the molecule is COc1ccc(N=NC(OC=O)c2ccccc2)cc1. The van der Waals surface area contributed by atoms with Crippen LogP contribution < -0.4 is 4.74 Å². The second-order valence-electron chi connectivity index (χ2n) is 3.91. The highest BCUT2D eigenvalue weighted by Crippen LogP contribution is 2.23. The number of methoxy groups -OCH3 is 1. The number of ether oxygens (including phenoxy) is 2. The molecule has 0 amide bonds. The molecule has 2 aromatic carbocycles. The van der Waals surface area contributed by atoms with Crippen LogP contribution >= 0.6 is 0 Å². The summed E-state index contributed by atoms with van der Waals surface area (Å²) in [5, 5.41) is 8.10. The quantitative estimate of drug-likeness (QED) is 0.594. The maximum Gasteiger partial charge on any atom is 0.295 e. The first-order valence-electron chi connectivity index (χ1n) is 6.02. The molecular weight excluding hydrogens is 256 g/mol. The molecule has 0 saturated carbocycles. The third-order valence-corrected chi connectivity index (χ3v) is 2.62. The molecule has 0 heterocycles. The van der Waals surface area contributed by atoms with Crippen LogP contribution in [0, 0.1) is 0 Å². The maximum absolute atomic E-state index is 10.5. The molecule has 5 heteroatoms. The number of carbonyl (C=O) groups is 1. The molecule has 102 valence electrons. The molecule has 0 N–H and O–H groups in total. The summed E-state index contributed by atoms with van der Waals surface area (Å²) >= 11 is 0. The average Bonchev–Trinajstić information content (AvgIpc) is 2.53. The highest BCUT2D eigenvalue weighted by atomic mass is 16.5. The molecule has 0 bridgehead atoms. The molecule has 0 spiro atoms. The summed E-state index contributed by atoms with van der Waals surface area (Å²) in [5.41, 5.74) is 1.41. The molecule has 0 aliphatic carbocycles. The van der Waals surface area contributed by atoms with Crippen molar-refractivity contribution in [3.8, 4) is 5.75 Å². The van der Waals surface area contributed by atoms with Crippen LogP contribution in [0.5, 0.6) is 5.75 Å². The van der Waals surface area contributed by atoms with Crippen molar-refractivity contribution in [1.82, 2.24) is 0 Å². The third-order valence-electron chi connectivity index (χ3n) is 2.62. The Balaban J connectivity index is 2.14. The molecule has 0 radical (unpaired) electrons. The van der Waals surface area contributed by atoms with Gasteiger partial charge in [0.05, 0.1) is 12.8 Å². The Hall–Kier alpha value is -2.69. The predicted octanol–water partition coefficient (Wildman–Crippen LogP) is 3.65. The zero-order chi connectivity index (χ0) is 14.2. The molecule has 2 rings (SSSR count). The third kappa shape index (κ3) is 3.65. The standard InChI is InChI=1S/C15H14N2O3/c1-19-14-9-7-13(8-10-14)16-17-15(20-11-18)12-5-3-2-4-6-12/h2-11,15H,1H3. The van der Waals surface area contributed by atoms with E-state index in [1.807, 2.05) is 30.3 Å². The molecule has 0 aliphatic heterocycles. The lowest BCUT2D eigenvalue weighted by atomic mass is 10.2. The van der Waals surface area contributed by atoms with E-state index >= 15 is 0 Å². The summed E-state index contributed by atoms with van der Waals surface area (Å²) in [6.45, 7) is 0.366. The van der Waals surface area contributed by atoms with Crippen LogP contribution in [0.4, 0.5) is 5.69 Å². The van der Waals surface area contributed by atoms with E-state index in [1.165, 1.54) is 0 Å². The predicted molar refractivity (Wildman–Crippen MR) is 73.8 cm³/mol. The topological polar surface area (TPSA) is 60.3 Å². The van der Waals surface area contributed by atoms with Crippen LogP contribution in [-0.2, 0) is 9.53 Å². The smallest absolute Gasteiger partial charge is 0.295 e. The lowest BCUT2D eigenvalue weighted by Gasteiger charge is -2.08. The Morgan fingerprint density at radius 1 is 1.05 bits per heavy atom. The summed E-state index contributed by atoms with van der Waals surface area (Å²) < 4.78 is 9.99. The van der Waals surface area contributed by atoms with E-state index in [4.69, 9.17) is 9.47 Å². The van der Waals surface area contributed by atoms with Crippen LogP contribution in [0.15, 0.2) is 64.8 Å². The van der Waals surface area contributed by atoms with Gasteiger partial charge in [-0.3, -0.25) is 4.79 Å². The first-order chi connectivity index (χ1) is 9.83. The van der Waals surface area contributed by atoms with Gasteiger partial charge < -0.3 is 9.47 Å². The van der Waals surface area contributed by atoms with Gasteiger partial charge in [-0.15, -0.1) is 5.11 Å². The van der Waals surface area contributed by atoms with Crippen molar-refractivity contribution in [3.63, 3.8) is 0 Å². The Labute approximate surface area is 116 Å². The Morgan fingerprint density at radius 2 is 1.75 bits per heavy atom. The van der Waals surface area contributed by atoms with Gasteiger partial charge in [-0.05, 0) is 24.3 Å². The average molecular weight is 270 g/mol. The molecule has 0 fully saturated rings. The summed E-state index contributed by atoms with van der Waals surface area (Å²) in [5.74, 6) is 0.743. The minimum absolute atomic E-state index is 0.366. The van der Waals surface area contributed by atoms with Crippen molar-refractivity contribution in [2.75, 3.05) is 7.11 Å². The molecule has 1 unspecified atom stereocenters. The monoisotopic (exact) mass is 270 g/mol. The van der Waals surface area contributed by atoms with E-state index in [0.29, 0.717) is 12.2 Å². The molecule has 20 heavy (non-hydrogen) atoms. The van der Waals surface area contributed by atoms with Gasteiger partial charge in [0.25, 0.3) is 6.47 Å². The second kappa shape index (κ2) is 7.04. The highest BCUT2D eigenvalue weighted by Gasteiger charge is 2.09. The maximum atomic E-state index is 10.5. The van der Waals surface area contributed by atoms with E-state index in [-0.39, 0.29) is 0 Å². The van der Waals surface area contributed by atoms with E-state index in [2.05, 4.69) is 10.2 Å². The fraction of sp³-hybridized carbons (Fsp3) is 0.133. The van der Waals surface area contributed by atoms with Gasteiger partial charge in [-0.2, -0.15) is 5.11 Å². The van der Waals surface area contributed by atoms with Crippen molar-refractivity contribution in [2.24, 2.45) is 10.2 Å². The summed E-state index contributed by atoms with van der Waals surface area (Å²) in [6, 6.07) is 16.3. The molecule has 2 aromatic rings. The minimum Gasteiger partial charge on any atom is -0.497 e. The number of hydrogen-bond donors (Lipinski definition) is 0. The molecule has 0 saturated heterocycles. The number of rotatable bonds is 6. The fourth-order valence-corrected chi connectivity index (χ4v) is 1.61. The molecule has 0 aromatic heterocycles. The van der Waals surface area contributed by atoms with Crippen LogP contribution in [0.3, 0.4) is 0 Å². The Morgan fingerprint density at radius 3 is 2.35 bits per heavy atom. The van der Waals surface area contributed by atoms with E-state index in [0.717, 1.165) is 11.3 Å². The lowest BCUT2D eigenvalue weighted by Crippen LogP contribution is -1.99. The largest absolute Gasteiger partial charge is 0.497 e. The summed E-state index contributed by atoms with van der Waals surface area (Å²) in [4.78, 5) is 10.5. The van der Waals surface area contributed by atoms with Crippen molar-refractivity contribution in [2.45, 2.75) is 6.23 Å². The van der Waals surface area contributed by atoms with Gasteiger partial charge in [-0.1, -0.05) is 30.3 Å². The van der Waals surface area contributed by atoms with E-state index < -0.39 is 6.23 Å². The van der Waals surface area contributed by atoms with Crippen molar-refractivity contribution in [1.29, 1.82) is 0 Å². The zero-order valence-electron chi connectivity index (χ0n) is 11.0. The first kappa shape index (κ1) is 13.7. The number of benzene rings is 2. The molecule has 1 atom stereocenters. The van der Waals surface area contributed by atoms with Crippen molar-refractivity contribution < 1.29 is 14.3 Å². The lowest BCUT2D eigenvalue weighted by molar-refractivity contribution is -0.133. The minimum atomic E-state index is -0.740. The molecule has 0 aliphatic rings. The van der Waals surface area contributed by atoms with Crippen LogP contribution in [-0.4, -0.2) is 13.6 Å². The van der Waals surface area contributed by atoms with Gasteiger partial charge in [0.2, 0.25) is 6.23 Å². The second-order valence-corrected chi connectivity index (χ2v) is 3.91. The van der Waals surface area contributed by atoms with Gasteiger partial charge in [-0.25, -0.2) is 0 Å². The zero-order valence-corrected chi connectivity index (χ0v) is 11.0. The fourth-order valence-electron chi connectivity index (χ4n) is 1.61. The van der Waals surface area contributed by atoms with Gasteiger partial charge >= 0.3 is 0 Å². The molecular formula is C15H14N2O3. The van der Waals surface area contributed by atoms with Crippen molar-refractivity contribution >= 4 is 12.2 Å². The summed E-state index contributed by atoms with van der Waals surface area (Å²) in [7, 11) is 1.60. The Bertz CT molecular complexity index is 567. The number of carbonyl (C=O) groups excluding carboxylic acids is 1. The number of nitrogens with zero attached hydrogens (tertiary/aromatic N) is 2. The van der Waals surface area contributed by atoms with Crippen LogP contribution in [0.25, 0.3) is 0 Å². The summed E-state index contributed by atoms with van der Waals surface area (Å²) in [6.07, 6.45) is -0.740. The Kier molecular flexibility index (Phi) is 4.83. The van der Waals surface area contributed by atoms with Crippen LogP contribution in [0.2, 0.25) is 0 Å². The first-order valence-corrected chi connectivity index (χ1v) is 6.02. The van der Waals surface area contributed by atoms with E-state index in [9.17, 15) is 4.79 Å². The number of azo groups is 1. The highest BCUT2D eigenvalue weighted by molar-refractivity contribution is 5.41. The van der Waals surface area contributed by atoms with Gasteiger partial charge in [0, 0.05) is 5.56 Å².